The van der Waals surface area contributed by atoms with Gasteiger partial charge in [0.25, 0.3) is 0 Å². The van der Waals surface area contributed by atoms with E-state index in [4.69, 9.17) is 0 Å². The van der Waals surface area contributed by atoms with Crippen LogP contribution in [0, 0.1) is 0 Å². The standard InChI is InChI=1S/C19H28F3N3O3S/c1-14(2)25(15(3)4)18(26)13-23-8-10-24(11-9-23)29(27,28)17-7-5-6-16(12-17)19(20,21)22/h5-7,12,14-15H,8-11,13H2,1-4H3. The Labute approximate surface area is 170 Å². The fraction of sp³-hybridized carbons (Fsp3) is 0.632. The molecule has 0 radical (unpaired) electrons. The lowest BCUT2D eigenvalue weighted by Gasteiger charge is -2.36. The van der Waals surface area contributed by atoms with Crippen molar-refractivity contribution in [2.45, 2.75) is 50.9 Å². The number of nitrogens with zero attached hydrogens (tertiary/aromatic N) is 3. The summed E-state index contributed by atoms with van der Waals surface area (Å²) < 4.78 is 65.4. The summed E-state index contributed by atoms with van der Waals surface area (Å²) in [7, 11) is -4.03. The lowest BCUT2D eigenvalue weighted by molar-refractivity contribution is -0.138. The normalized spacial score (nSPS) is 17.1. The molecular formula is C19H28F3N3O3S. The van der Waals surface area contributed by atoms with Gasteiger partial charge in [-0.1, -0.05) is 6.07 Å². The van der Waals surface area contributed by atoms with Gasteiger partial charge in [-0.3, -0.25) is 9.69 Å². The smallest absolute Gasteiger partial charge is 0.337 e. The van der Waals surface area contributed by atoms with Gasteiger partial charge in [-0.25, -0.2) is 8.42 Å². The van der Waals surface area contributed by atoms with Crippen molar-refractivity contribution >= 4 is 15.9 Å². The summed E-state index contributed by atoms with van der Waals surface area (Å²) >= 11 is 0. The van der Waals surface area contributed by atoms with Crippen LogP contribution in [-0.2, 0) is 21.0 Å². The summed E-state index contributed by atoms with van der Waals surface area (Å²) in [4.78, 5) is 15.9. The van der Waals surface area contributed by atoms with Crippen molar-refractivity contribution in [3.8, 4) is 0 Å². The van der Waals surface area contributed by atoms with Gasteiger partial charge in [0.2, 0.25) is 15.9 Å². The third-order valence-electron chi connectivity index (χ3n) is 4.89. The molecule has 1 aromatic rings. The van der Waals surface area contributed by atoms with Gasteiger partial charge < -0.3 is 4.90 Å². The Kier molecular flexibility index (Phi) is 7.34. The number of hydrogen-bond donors (Lipinski definition) is 0. The third-order valence-corrected chi connectivity index (χ3v) is 6.78. The molecule has 0 saturated carbocycles. The number of sulfonamides is 1. The van der Waals surface area contributed by atoms with Crippen LogP contribution in [0.1, 0.15) is 33.3 Å². The Bertz CT molecular complexity index is 809. The first kappa shape index (κ1) is 23.6. The molecule has 0 unspecified atom stereocenters. The highest BCUT2D eigenvalue weighted by Crippen LogP contribution is 2.31. The van der Waals surface area contributed by atoms with Crippen molar-refractivity contribution < 1.29 is 26.4 Å². The molecule has 29 heavy (non-hydrogen) atoms. The van der Waals surface area contributed by atoms with Gasteiger partial charge in [-0.2, -0.15) is 17.5 Å². The lowest BCUT2D eigenvalue weighted by Crippen LogP contribution is -2.53. The monoisotopic (exact) mass is 435 g/mol. The van der Waals surface area contributed by atoms with E-state index < -0.39 is 21.8 Å². The average Bonchev–Trinajstić information content (AvgIpc) is 2.61. The van der Waals surface area contributed by atoms with Gasteiger partial charge in [-0.05, 0) is 45.9 Å². The molecule has 0 bridgehead atoms. The zero-order valence-electron chi connectivity index (χ0n) is 17.1. The van der Waals surface area contributed by atoms with Gasteiger partial charge in [0.1, 0.15) is 0 Å². The minimum Gasteiger partial charge on any atom is -0.337 e. The van der Waals surface area contributed by atoms with Crippen LogP contribution in [0.2, 0.25) is 0 Å². The molecular weight excluding hydrogens is 407 g/mol. The van der Waals surface area contributed by atoms with Crippen molar-refractivity contribution in [1.82, 2.24) is 14.1 Å². The zero-order chi connectivity index (χ0) is 22.0. The lowest BCUT2D eigenvalue weighted by atomic mass is 10.2. The quantitative estimate of drug-likeness (QED) is 0.689. The van der Waals surface area contributed by atoms with Crippen LogP contribution in [0.4, 0.5) is 13.2 Å². The zero-order valence-corrected chi connectivity index (χ0v) is 17.9. The number of hydrogen-bond acceptors (Lipinski definition) is 4. The number of piperazine rings is 1. The number of carbonyl (C=O) groups excluding carboxylic acids is 1. The molecule has 0 spiro atoms. The van der Waals surface area contributed by atoms with E-state index >= 15 is 0 Å². The maximum Gasteiger partial charge on any atom is 0.416 e. The summed E-state index contributed by atoms with van der Waals surface area (Å²) in [5.74, 6) is -0.0239. The Hall–Kier alpha value is -1.65. The molecule has 1 heterocycles. The molecule has 1 fully saturated rings. The molecule has 0 aliphatic carbocycles. The fourth-order valence-electron chi connectivity index (χ4n) is 3.56. The average molecular weight is 436 g/mol. The van der Waals surface area contributed by atoms with Crippen molar-refractivity contribution in [3.63, 3.8) is 0 Å². The number of carbonyl (C=O) groups is 1. The molecule has 1 saturated heterocycles. The van der Waals surface area contributed by atoms with Crippen molar-refractivity contribution in [1.29, 1.82) is 0 Å². The summed E-state index contributed by atoms with van der Waals surface area (Å²) in [6, 6.07) is 3.89. The van der Waals surface area contributed by atoms with Gasteiger partial charge in [0, 0.05) is 38.3 Å². The molecule has 1 amide bonds. The van der Waals surface area contributed by atoms with Crippen molar-refractivity contribution in [2.75, 3.05) is 32.7 Å². The third kappa shape index (κ3) is 5.70. The molecule has 164 valence electrons. The molecule has 2 rings (SSSR count). The predicted molar refractivity (Wildman–Crippen MR) is 104 cm³/mol. The molecule has 1 aliphatic rings. The minimum atomic E-state index is -4.61. The van der Waals surface area contributed by atoms with Gasteiger partial charge in [-0.15, -0.1) is 0 Å². The van der Waals surface area contributed by atoms with E-state index in [9.17, 15) is 26.4 Å². The number of rotatable bonds is 6. The van der Waals surface area contributed by atoms with Gasteiger partial charge in [0.15, 0.2) is 0 Å². The van der Waals surface area contributed by atoms with Crippen LogP contribution in [0.5, 0.6) is 0 Å². The van der Waals surface area contributed by atoms with Crippen molar-refractivity contribution in [3.05, 3.63) is 29.8 Å². The van der Waals surface area contributed by atoms with Gasteiger partial charge >= 0.3 is 6.18 Å². The van der Waals surface area contributed by atoms with Crippen LogP contribution in [0.15, 0.2) is 29.2 Å². The highest BCUT2D eigenvalue weighted by atomic mass is 32.2. The molecule has 0 N–H and O–H groups in total. The Morgan fingerprint density at radius 3 is 2.10 bits per heavy atom. The highest BCUT2D eigenvalue weighted by Gasteiger charge is 2.34. The maximum atomic E-state index is 12.9. The minimum absolute atomic E-state index is 0.0239. The van der Waals surface area contributed by atoms with E-state index in [1.807, 2.05) is 32.6 Å². The van der Waals surface area contributed by atoms with Crippen molar-refractivity contribution in [2.24, 2.45) is 0 Å². The van der Waals surface area contributed by atoms with Crippen LogP contribution >= 0.6 is 0 Å². The van der Waals surface area contributed by atoms with E-state index in [1.165, 1.54) is 10.4 Å². The second-order valence-electron chi connectivity index (χ2n) is 7.69. The van der Waals surface area contributed by atoms with Crippen LogP contribution in [-0.4, -0.2) is 73.2 Å². The summed E-state index contributed by atoms with van der Waals surface area (Å²) in [6.07, 6.45) is -4.61. The molecule has 1 aromatic carbocycles. The summed E-state index contributed by atoms with van der Waals surface area (Å²) in [5, 5.41) is 0. The second kappa shape index (κ2) is 9.01. The fourth-order valence-corrected chi connectivity index (χ4v) is 5.02. The Balaban J connectivity index is 2.04. The molecule has 0 aromatic heterocycles. The van der Waals surface area contributed by atoms with Crippen LogP contribution < -0.4 is 0 Å². The SMILES string of the molecule is CC(C)N(C(=O)CN1CCN(S(=O)(=O)c2cccc(C(F)(F)F)c2)CC1)C(C)C. The van der Waals surface area contributed by atoms with Crippen LogP contribution in [0.3, 0.4) is 0 Å². The number of benzene rings is 1. The Morgan fingerprint density at radius 2 is 1.62 bits per heavy atom. The largest absolute Gasteiger partial charge is 0.416 e. The summed E-state index contributed by atoms with van der Waals surface area (Å²) in [5.41, 5.74) is -0.995. The topological polar surface area (TPSA) is 60.9 Å². The number of amides is 1. The first-order chi connectivity index (χ1) is 13.3. The number of alkyl halides is 3. The predicted octanol–water partition coefficient (Wildman–Crippen LogP) is 2.66. The van der Waals surface area contributed by atoms with E-state index in [0.29, 0.717) is 19.2 Å². The Morgan fingerprint density at radius 1 is 1.07 bits per heavy atom. The molecule has 0 atom stereocenters. The van der Waals surface area contributed by atoms with Crippen LogP contribution in [0.25, 0.3) is 0 Å². The van der Waals surface area contributed by atoms with Gasteiger partial charge in [0.05, 0.1) is 17.0 Å². The summed E-state index contributed by atoms with van der Waals surface area (Å²) in [6.45, 7) is 8.88. The second-order valence-corrected chi connectivity index (χ2v) is 9.63. The molecule has 1 aliphatic heterocycles. The number of halogens is 3. The first-order valence-electron chi connectivity index (χ1n) is 9.55. The van der Waals surface area contributed by atoms with E-state index in [2.05, 4.69) is 0 Å². The van der Waals surface area contributed by atoms with E-state index in [1.54, 1.807) is 4.90 Å². The highest BCUT2D eigenvalue weighted by molar-refractivity contribution is 7.89. The van der Waals surface area contributed by atoms with E-state index in [-0.39, 0.29) is 42.5 Å². The first-order valence-corrected chi connectivity index (χ1v) is 11.0. The molecule has 10 heteroatoms. The molecule has 6 nitrogen and oxygen atoms in total. The maximum absolute atomic E-state index is 12.9. The van der Waals surface area contributed by atoms with E-state index in [0.717, 1.165) is 12.1 Å².